The van der Waals surface area contributed by atoms with Gasteiger partial charge in [-0.1, -0.05) is 13.3 Å². The molecule has 8 heteroatoms. The smallest absolute Gasteiger partial charge is 0.244 e. The van der Waals surface area contributed by atoms with Crippen molar-refractivity contribution in [1.29, 1.82) is 0 Å². The van der Waals surface area contributed by atoms with Crippen LogP contribution >= 0.6 is 11.8 Å². The lowest BCUT2D eigenvalue weighted by Gasteiger charge is -2.34. The fourth-order valence-electron chi connectivity index (χ4n) is 5.04. The number of aliphatic hydroxyl groups excluding tert-OH is 1. The van der Waals surface area contributed by atoms with E-state index < -0.39 is 16.7 Å². The Balaban J connectivity index is 1.88. The normalized spacial score (nSPS) is 34.0. The van der Waals surface area contributed by atoms with E-state index in [0.29, 0.717) is 25.9 Å². The van der Waals surface area contributed by atoms with Crippen molar-refractivity contribution >= 4 is 29.5 Å². The Morgan fingerprint density at radius 3 is 2.74 bits per heavy atom. The van der Waals surface area contributed by atoms with E-state index in [9.17, 15) is 14.4 Å². The lowest BCUT2D eigenvalue weighted by atomic mass is 9.71. The van der Waals surface area contributed by atoms with Crippen molar-refractivity contribution in [2.45, 2.75) is 61.5 Å². The van der Waals surface area contributed by atoms with Crippen LogP contribution in [-0.2, 0) is 14.4 Å². The van der Waals surface area contributed by atoms with Crippen LogP contribution in [0.15, 0.2) is 0 Å². The molecule has 0 aromatic carbocycles. The van der Waals surface area contributed by atoms with Gasteiger partial charge in [-0.2, -0.15) is 0 Å². The minimum absolute atomic E-state index is 0.0631. The third-order valence-corrected chi connectivity index (χ3v) is 8.19. The van der Waals surface area contributed by atoms with Crippen molar-refractivity contribution in [3.63, 3.8) is 0 Å². The van der Waals surface area contributed by atoms with Crippen LogP contribution in [0.2, 0.25) is 0 Å². The van der Waals surface area contributed by atoms with Crippen LogP contribution in [-0.4, -0.2) is 70.5 Å². The van der Waals surface area contributed by atoms with E-state index in [-0.39, 0.29) is 35.5 Å². The molecule has 1 spiro atoms. The number of amides is 3. The topological polar surface area (TPSA) is 98.7 Å². The Bertz CT molecular complexity index is 602. The summed E-state index contributed by atoms with van der Waals surface area (Å²) < 4.78 is -0.492. The number of nitrogens with one attached hydrogen (secondary N) is 2. The monoisotopic (exact) mass is 397 g/mol. The molecule has 3 aliphatic rings. The second kappa shape index (κ2) is 8.39. The van der Waals surface area contributed by atoms with Gasteiger partial charge in [0.2, 0.25) is 17.7 Å². The fraction of sp³-hybridized carbons (Fsp3) is 0.842. The van der Waals surface area contributed by atoms with Gasteiger partial charge < -0.3 is 20.6 Å². The molecule has 3 heterocycles. The lowest BCUT2D eigenvalue weighted by Crippen LogP contribution is -2.53. The van der Waals surface area contributed by atoms with E-state index in [2.05, 4.69) is 17.6 Å². The number of hydrogen-bond acceptors (Lipinski definition) is 5. The number of aliphatic hydroxyl groups is 1. The maximum absolute atomic E-state index is 13.3. The van der Waals surface area contributed by atoms with Gasteiger partial charge in [0.05, 0.1) is 16.6 Å². The number of thioether (sulfide) groups is 1. The summed E-state index contributed by atoms with van der Waals surface area (Å²) >= 11 is 1.69. The number of carbonyl (C=O) groups excluding carboxylic acids is 3. The van der Waals surface area contributed by atoms with Crippen LogP contribution in [0, 0.1) is 11.8 Å². The minimum atomic E-state index is -0.518. The van der Waals surface area contributed by atoms with Crippen molar-refractivity contribution < 1.29 is 19.5 Å². The molecular formula is C19H31N3O4S. The van der Waals surface area contributed by atoms with Crippen LogP contribution in [0.3, 0.4) is 0 Å². The molecule has 2 bridgehead atoms. The van der Waals surface area contributed by atoms with E-state index in [0.717, 1.165) is 25.7 Å². The van der Waals surface area contributed by atoms with Crippen molar-refractivity contribution in [3.05, 3.63) is 0 Å². The zero-order valence-electron chi connectivity index (χ0n) is 16.2. The molecule has 0 radical (unpaired) electrons. The van der Waals surface area contributed by atoms with Crippen molar-refractivity contribution in [3.8, 4) is 0 Å². The zero-order valence-corrected chi connectivity index (χ0v) is 17.0. The molecule has 2 unspecified atom stereocenters. The Morgan fingerprint density at radius 1 is 1.30 bits per heavy atom. The quantitative estimate of drug-likeness (QED) is 0.493. The third kappa shape index (κ3) is 3.35. The first-order valence-electron chi connectivity index (χ1n) is 10.1. The molecule has 0 saturated carbocycles. The van der Waals surface area contributed by atoms with Gasteiger partial charge in [0.15, 0.2) is 0 Å². The van der Waals surface area contributed by atoms with E-state index in [1.165, 1.54) is 0 Å². The average molecular weight is 398 g/mol. The SMILES string of the molecule is CCCCNC(=O)C1N(CCCCO)C(=O)[C@@H]2[C@H](C(=O)NC)[C@@H]3CCC12S3. The molecule has 0 aromatic heterocycles. The van der Waals surface area contributed by atoms with Crippen LogP contribution < -0.4 is 10.6 Å². The van der Waals surface area contributed by atoms with Gasteiger partial charge in [-0.3, -0.25) is 14.4 Å². The summed E-state index contributed by atoms with van der Waals surface area (Å²) in [6.07, 6.45) is 4.82. The Kier molecular flexibility index (Phi) is 6.35. The predicted octanol–water partition coefficient (Wildman–Crippen LogP) is 0.512. The Hall–Kier alpha value is -1.28. The van der Waals surface area contributed by atoms with Gasteiger partial charge in [0, 0.05) is 32.0 Å². The number of unbranched alkanes of at least 4 members (excludes halogenated alkanes) is 2. The van der Waals surface area contributed by atoms with E-state index in [1.807, 2.05) is 0 Å². The molecule has 7 nitrogen and oxygen atoms in total. The molecule has 3 rings (SSSR count). The van der Waals surface area contributed by atoms with Gasteiger partial charge in [0.25, 0.3) is 0 Å². The molecule has 3 saturated heterocycles. The number of carbonyl (C=O) groups is 3. The Labute approximate surface area is 165 Å². The number of hydrogen-bond donors (Lipinski definition) is 3. The summed E-state index contributed by atoms with van der Waals surface area (Å²) in [5, 5.41) is 14.9. The molecule has 3 aliphatic heterocycles. The molecular weight excluding hydrogens is 366 g/mol. The predicted molar refractivity (Wildman–Crippen MR) is 104 cm³/mol. The number of rotatable bonds is 9. The highest BCUT2D eigenvalue weighted by Crippen LogP contribution is 2.66. The summed E-state index contributed by atoms with van der Waals surface area (Å²) in [6.45, 7) is 3.21. The van der Waals surface area contributed by atoms with Crippen LogP contribution in [0.5, 0.6) is 0 Å². The molecule has 3 fully saturated rings. The minimum Gasteiger partial charge on any atom is -0.396 e. The summed E-state index contributed by atoms with van der Waals surface area (Å²) in [7, 11) is 1.61. The second-order valence-corrected chi connectivity index (χ2v) is 9.38. The summed E-state index contributed by atoms with van der Waals surface area (Å²) in [5.74, 6) is -1.01. The van der Waals surface area contributed by atoms with Crippen molar-refractivity contribution in [2.24, 2.45) is 11.8 Å². The largest absolute Gasteiger partial charge is 0.396 e. The maximum Gasteiger partial charge on any atom is 0.244 e. The number of nitrogens with zero attached hydrogens (tertiary/aromatic N) is 1. The van der Waals surface area contributed by atoms with Gasteiger partial charge in [-0.05, 0) is 32.1 Å². The molecule has 3 N–H and O–H groups in total. The molecule has 0 aliphatic carbocycles. The van der Waals surface area contributed by atoms with E-state index in [4.69, 9.17) is 5.11 Å². The first kappa shape index (κ1) is 20.5. The second-order valence-electron chi connectivity index (χ2n) is 7.78. The molecule has 5 atom stereocenters. The molecule has 152 valence electrons. The maximum atomic E-state index is 13.3. The van der Waals surface area contributed by atoms with Gasteiger partial charge in [-0.25, -0.2) is 0 Å². The summed E-state index contributed by atoms with van der Waals surface area (Å²) in [5.41, 5.74) is 0. The van der Waals surface area contributed by atoms with Crippen molar-refractivity contribution in [2.75, 3.05) is 26.7 Å². The van der Waals surface area contributed by atoms with Crippen LogP contribution in [0.25, 0.3) is 0 Å². The van der Waals surface area contributed by atoms with Crippen molar-refractivity contribution in [1.82, 2.24) is 15.5 Å². The van der Waals surface area contributed by atoms with Crippen LogP contribution in [0.4, 0.5) is 0 Å². The van der Waals surface area contributed by atoms with Gasteiger partial charge >= 0.3 is 0 Å². The highest BCUT2D eigenvalue weighted by Gasteiger charge is 2.73. The molecule has 27 heavy (non-hydrogen) atoms. The molecule has 0 aromatic rings. The highest BCUT2D eigenvalue weighted by atomic mass is 32.2. The standard InChI is InChI=1S/C19H31N3O4S/c1-3-4-9-21-17(25)15-19-8-7-12(27-19)13(16(24)20-2)14(19)18(26)22(15)10-5-6-11-23/h12-15,23H,3-11H2,1-2H3,(H,20,24)(H,21,25)/t12-,13+,14-,15?,19?/m0/s1. The van der Waals surface area contributed by atoms with Gasteiger partial charge in [-0.15, -0.1) is 11.8 Å². The van der Waals surface area contributed by atoms with Gasteiger partial charge in [0.1, 0.15) is 6.04 Å². The summed E-state index contributed by atoms with van der Waals surface area (Å²) in [6, 6.07) is -0.518. The first-order chi connectivity index (χ1) is 13.0. The molecule has 3 amide bonds. The third-order valence-electron chi connectivity index (χ3n) is 6.23. The zero-order chi connectivity index (χ0) is 19.6. The lowest BCUT2D eigenvalue weighted by molar-refractivity contribution is -0.140. The average Bonchev–Trinajstić information content (AvgIpc) is 3.29. The first-order valence-corrected chi connectivity index (χ1v) is 11.0. The fourth-order valence-corrected chi connectivity index (χ4v) is 7.26. The number of fused-ring (bicyclic) bond motifs is 1. The number of likely N-dealkylation sites (tertiary alicyclic amines) is 1. The Morgan fingerprint density at radius 2 is 2.07 bits per heavy atom. The highest BCUT2D eigenvalue weighted by molar-refractivity contribution is 8.02. The van der Waals surface area contributed by atoms with E-state index >= 15 is 0 Å². The van der Waals surface area contributed by atoms with Crippen LogP contribution in [0.1, 0.15) is 45.4 Å². The van der Waals surface area contributed by atoms with E-state index in [1.54, 1.807) is 23.7 Å². The summed E-state index contributed by atoms with van der Waals surface area (Å²) in [4.78, 5) is 40.7.